The molecule has 0 aromatic heterocycles. The second-order valence-electron chi connectivity index (χ2n) is 3.33. The standard InChI is InChI=1S/C11H21NO/c1-3-4-5-6-7-8-9-10-12-11(2)13/h3H,1,4-10H2,2H3,(H,12,13). The molecule has 0 rings (SSSR count). The Hall–Kier alpha value is -0.790. The number of hydrogen-bond donors (Lipinski definition) is 1. The second kappa shape index (κ2) is 9.30. The first-order valence-corrected chi connectivity index (χ1v) is 5.12. The third kappa shape index (κ3) is 11.2. The van der Waals surface area contributed by atoms with E-state index >= 15 is 0 Å². The van der Waals surface area contributed by atoms with E-state index in [4.69, 9.17) is 0 Å². The molecule has 0 saturated carbocycles. The molecule has 0 atom stereocenters. The maximum absolute atomic E-state index is 10.5. The summed E-state index contributed by atoms with van der Waals surface area (Å²) < 4.78 is 0. The van der Waals surface area contributed by atoms with Crippen LogP contribution in [0.4, 0.5) is 0 Å². The van der Waals surface area contributed by atoms with Crippen LogP contribution in [0.5, 0.6) is 0 Å². The molecule has 0 spiro atoms. The van der Waals surface area contributed by atoms with Gasteiger partial charge in [0.1, 0.15) is 0 Å². The highest BCUT2D eigenvalue weighted by molar-refractivity contribution is 5.72. The summed E-state index contributed by atoms with van der Waals surface area (Å²) in [6.07, 6.45) is 9.23. The van der Waals surface area contributed by atoms with Crippen LogP contribution in [0.3, 0.4) is 0 Å². The third-order valence-electron chi connectivity index (χ3n) is 1.96. The van der Waals surface area contributed by atoms with Crippen molar-refractivity contribution in [2.75, 3.05) is 6.54 Å². The lowest BCUT2D eigenvalue weighted by Gasteiger charge is -2.01. The number of rotatable bonds is 8. The van der Waals surface area contributed by atoms with Gasteiger partial charge in [-0.15, -0.1) is 6.58 Å². The Balaban J connectivity index is 2.91. The molecule has 2 heteroatoms. The Labute approximate surface area is 81.4 Å². The zero-order chi connectivity index (χ0) is 9.94. The lowest BCUT2D eigenvalue weighted by Crippen LogP contribution is -2.20. The third-order valence-corrected chi connectivity index (χ3v) is 1.96. The number of carbonyl (C=O) groups excluding carboxylic acids is 1. The molecule has 0 unspecified atom stereocenters. The van der Waals surface area contributed by atoms with Crippen molar-refractivity contribution in [3.63, 3.8) is 0 Å². The molecule has 0 fully saturated rings. The molecule has 13 heavy (non-hydrogen) atoms. The molecule has 0 aliphatic rings. The number of amides is 1. The molecule has 0 saturated heterocycles. The zero-order valence-electron chi connectivity index (χ0n) is 8.64. The molecule has 0 heterocycles. The lowest BCUT2D eigenvalue weighted by molar-refractivity contribution is -0.118. The van der Waals surface area contributed by atoms with Gasteiger partial charge in [-0.25, -0.2) is 0 Å². The summed E-state index contributed by atoms with van der Waals surface area (Å²) >= 11 is 0. The minimum atomic E-state index is 0.0756. The van der Waals surface area contributed by atoms with Gasteiger partial charge in [0.05, 0.1) is 0 Å². The molecular formula is C11H21NO. The predicted octanol–water partition coefficient (Wildman–Crippen LogP) is 2.65. The fourth-order valence-corrected chi connectivity index (χ4v) is 1.21. The van der Waals surface area contributed by atoms with Gasteiger partial charge in [0, 0.05) is 13.5 Å². The van der Waals surface area contributed by atoms with Crippen molar-refractivity contribution >= 4 is 5.91 Å². The van der Waals surface area contributed by atoms with Crippen molar-refractivity contribution in [1.29, 1.82) is 0 Å². The van der Waals surface area contributed by atoms with Crippen LogP contribution < -0.4 is 5.32 Å². The van der Waals surface area contributed by atoms with Gasteiger partial charge < -0.3 is 5.32 Å². The van der Waals surface area contributed by atoms with Gasteiger partial charge in [0.25, 0.3) is 0 Å². The molecule has 76 valence electrons. The van der Waals surface area contributed by atoms with E-state index in [1.54, 1.807) is 6.92 Å². The van der Waals surface area contributed by atoms with Gasteiger partial charge in [0.15, 0.2) is 0 Å². The largest absolute Gasteiger partial charge is 0.356 e. The minimum absolute atomic E-state index is 0.0756. The first-order chi connectivity index (χ1) is 6.27. The number of unbranched alkanes of at least 4 members (excludes halogenated alkanes) is 5. The van der Waals surface area contributed by atoms with Gasteiger partial charge in [-0.05, 0) is 19.3 Å². The fourth-order valence-electron chi connectivity index (χ4n) is 1.21. The summed E-state index contributed by atoms with van der Waals surface area (Å²) in [5.74, 6) is 0.0756. The van der Waals surface area contributed by atoms with Crippen LogP contribution in [0.1, 0.15) is 45.4 Å². The molecule has 0 radical (unpaired) electrons. The number of nitrogens with one attached hydrogen (secondary N) is 1. The van der Waals surface area contributed by atoms with Crippen molar-refractivity contribution < 1.29 is 4.79 Å². The van der Waals surface area contributed by atoms with Gasteiger partial charge >= 0.3 is 0 Å². The summed E-state index contributed by atoms with van der Waals surface area (Å²) in [4.78, 5) is 10.5. The minimum Gasteiger partial charge on any atom is -0.356 e. The normalized spacial score (nSPS) is 9.62. The summed E-state index contributed by atoms with van der Waals surface area (Å²) in [5.41, 5.74) is 0. The Kier molecular flexibility index (Phi) is 8.73. The van der Waals surface area contributed by atoms with Crippen molar-refractivity contribution in [2.24, 2.45) is 0 Å². The summed E-state index contributed by atoms with van der Waals surface area (Å²) in [7, 11) is 0. The first-order valence-electron chi connectivity index (χ1n) is 5.12. The van der Waals surface area contributed by atoms with Crippen LogP contribution in [-0.4, -0.2) is 12.5 Å². The Morgan fingerprint density at radius 3 is 2.46 bits per heavy atom. The zero-order valence-corrected chi connectivity index (χ0v) is 8.64. The maximum Gasteiger partial charge on any atom is 0.216 e. The van der Waals surface area contributed by atoms with Crippen molar-refractivity contribution in [3.8, 4) is 0 Å². The molecule has 0 bridgehead atoms. The molecular weight excluding hydrogens is 162 g/mol. The monoisotopic (exact) mass is 183 g/mol. The van der Waals surface area contributed by atoms with Crippen LogP contribution >= 0.6 is 0 Å². The van der Waals surface area contributed by atoms with Crippen molar-refractivity contribution in [1.82, 2.24) is 5.32 Å². The molecule has 0 aromatic carbocycles. The second-order valence-corrected chi connectivity index (χ2v) is 3.33. The van der Waals surface area contributed by atoms with Gasteiger partial charge in [0.2, 0.25) is 5.91 Å². The smallest absolute Gasteiger partial charge is 0.216 e. The molecule has 1 amide bonds. The van der Waals surface area contributed by atoms with Gasteiger partial charge in [-0.3, -0.25) is 4.79 Å². The Morgan fingerprint density at radius 2 is 1.85 bits per heavy atom. The van der Waals surface area contributed by atoms with Crippen LogP contribution in [-0.2, 0) is 4.79 Å². The van der Waals surface area contributed by atoms with E-state index in [-0.39, 0.29) is 5.91 Å². The van der Waals surface area contributed by atoms with E-state index in [0.717, 1.165) is 19.4 Å². The summed E-state index contributed by atoms with van der Waals surface area (Å²) in [6.45, 7) is 6.07. The van der Waals surface area contributed by atoms with Crippen LogP contribution in [0, 0.1) is 0 Å². The predicted molar refractivity (Wildman–Crippen MR) is 56.6 cm³/mol. The topological polar surface area (TPSA) is 29.1 Å². The Bertz CT molecular complexity index is 143. The quantitative estimate of drug-likeness (QED) is 0.455. The van der Waals surface area contributed by atoms with E-state index in [1.807, 2.05) is 6.08 Å². The highest BCUT2D eigenvalue weighted by Gasteiger charge is 1.91. The number of allylic oxidation sites excluding steroid dienone is 1. The first kappa shape index (κ1) is 12.2. The van der Waals surface area contributed by atoms with E-state index in [2.05, 4.69) is 11.9 Å². The van der Waals surface area contributed by atoms with Crippen molar-refractivity contribution in [2.45, 2.75) is 45.4 Å². The van der Waals surface area contributed by atoms with E-state index in [0.29, 0.717) is 0 Å². The van der Waals surface area contributed by atoms with Gasteiger partial charge in [-0.1, -0.05) is 25.3 Å². The lowest BCUT2D eigenvalue weighted by atomic mass is 10.1. The Morgan fingerprint density at radius 1 is 1.23 bits per heavy atom. The average Bonchev–Trinajstić information content (AvgIpc) is 2.09. The van der Waals surface area contributed by atoms with E-state index in [9.17, 15) is 4.79 Å². The maximum atomic E-state index is 10.5. The SMILES string of the molecule is C=CCCCCCCCNC(C)=O. The van der Waals surface area contributed by atoms with E-state index in [1.165, 1.54) is 25.7 Å². The van der Waals surface area contributed by atoms with Crippen LogP contribution in [0.2, 0.25) is 0 Å². The van der Waals surface area contributed by atoms with Crippen LogP contribution in [0.25, 0.3) is 0 Å². The van der Waals surface area contributed by atoms with Crippen molar-refractivity contribution in [3.05, 3.63) is 12.7 Å². The summed E-state index contributed by atoms with van der Waals surface area (Å²) in [5, 5.41) is 2.79. The van der Waals surface area contributed by atoms with Gasteiger partial charge in [-0.2, -0.15) is 0 Å². The highest BCUT2D eigenvalue weighted by atomic mass is 16.1. The average molecular weight is 183 g/mol. The van der Waals surface area contributed by atoms with Crippen LogP contribution in [0.15, 0.2) is 12.7 Å². The number of carbonyl (C=O) groups is 1. The molecule has 0 aromatic rings. The number of hydrogen-bond acceptors (Lipinski definition) is 1. The summed E-state index contributed by atoms with van der Waals surface area (Å²) in [6, 6.07) is 0. The molecule has 0 aliphatic carbocycles. The fraction of sp³-hybridized carbons (Fsp3) is 0.727. The molecule has 0 aliphatic heterocycles. The molecule has 1 N–H and O–H groups in total. The van der Waals surface area contributed by atoms with E-state index < -0.39 is 0 Å². The highest BCUT2D eigenvalue weighted by Crippen LogP contribution is 2.04. The molecule has 2 nitrogen and oxygen atoms in total.